The number of benzene rings is 1. The molecule has 5 nitrogen and oxygen atoms in total. The number of aliphatic carboxylic acids is 1. The van der Waals surface area contributed by atoms with Gasteiger partial charge in [0.1, 0.15) is 5.75 Å². The van der Waals surface area contributed by atoms with Crippen LogP contribution in [0.5, 0.6) is 5.75 Å². The fourth-order valence-electron chi connectivity index (χ4n) is 2.55. The molecule has 22 heavy (non-hydrogen) atoms. The lowest BCUT2D eigenvalue weighted by Crippen LogP contribution is -2.30. The number of carboxylic acid groups (broad SMARTS) is 1. The third kappa shape index (κ3) is 4.23. The highest BCUT2D eigenvalue weighted by molar-refractivity contribution is 5.78. The number of ether oxygens (including phenoxy) is 1. The van der Waals surface area contributed by atoms with Crippen molar-refractivity contribution >= 4 is 11.9 Å². The van der Waals surface area contributed by atoms with Crippen molar-refractivity contribution in [1.82, 2.24) is 4.90 Å². The van der Waals surface area contributed by atoms with Gasteiger partial charge in [0, 0.05) is 13.1 Å². The minimum absolute atomic E-state index is 0.0393. The molecule has 1 atom stereocenters. The molecule has 0 aliphatic carbocycles. The van der Waals surface area contributed by atoms with Crippen LogP contribution >= 0.6 is 0 Å². The summed E-state index contributed by atoms with van der Waals surface area (Å²) in [5, 5.41) is 8.94. The Hall–Kier alpha value is -2.04. The van der Waals surface area contributed by atoms with Gasteiger partial charge in [-0.25, -0.2) is 0 Å². The summed E-state index contributed by atoms with van der Waals surface area (Å²) < 4.78 is 5.58. The van der Waals surface area contributed by atoms with Gasteiger partial charge in [0.25, 0.3) is 0 Å². The summed E-state index contributed by atoms with van der Waals surface area (Å²) in [6.07, 6.45) is 0.816. The van der Waals surface area contributed by atoms with Crippen molar-refractivity contribution in [2.24, 2.45) is 5.92 Å². The Morgan fingerprint density at radius 3 is 2.55 bits per heavy atom. The van der Waals surface area contributed by atoms with Crippen LogP contribution in [0.1, 0.15) is 38.2 Å². The molecule has 5 heteroatoms. The summed E-state index contributed by atoms with van der Waals surface area (Å²) >= 11 is 0. The Kier molecular flexibility index (Phi) is 5.41. The van der Waals surface area contributed by atoms with E-state index in [1.54, 1.807) is 4.90 Å². The topological polar surface area (TPSA) is 66.8 Å². The number of carbonyl (C=O) groups is 2. The fourth-order valence-corrected chi connectivity index (χ4v) is 2.55. The van der Waals surface area contributed by atoms with Crippen LogP contribution in [-0.4, -0.2) is 41.6 Å². The molecule has 120 valence electrons. The molecule has 1 unspecified atom stereocenters. The number of hydrogen-bond acceptors (Lipinski definition) is 3. The van der Waals surface area contributed by atoms with Crippen LogP contribution in [0.3, 0.4) is 0 Å². The van der Waals surface area contributed by atoms with Gasteiger partial charge in [0.2, 0.25) is 5.91 Å². The molecule has 0 saturated carbocycles. The first-order chi connectivity index (χ1) is 10.5. The normalized spacial score (nSPS) is 17.8. The number of hydrogen-bond donors (Lipinski definition) is 1. The van der Waals surface area contributed by atoms with Gasteiger partial charge in [-0.15, -0.1) is 0 Å². The summed E-state index contributed by atoms with van der Waals surface area (Å²) in [5.41, 5.74) is 1.25. The summed E-state index contributed by atoms with van der Waals surface area (Å²) in [7, 11) is 0. The predicted octanol–water partition coefficient (Wildman–Crippen LogP) is 2.51. The average Bonchev–Trinajstić information content (AvgIpc) is 2.98. The van der Waals surface area contributed by atoms with E-state index in [4.69, 9.17) is 9.84 Å². The molecule has 1 amide bonds. The van der Waals surface area contributed by atoms with E-state index in [1.165, 1.54) is 5.56 Å². The second kappa shape index (κ2) is 7.29. The second-order valence-electron chi connectivity index (χ2n) is 5.99. The van der Waals surface area contributed by atoms with Crippen molar-refractivity contribution in [1.29, 1.82) is 0 Å². The highest BCUT2D eigenvalue weighted by Gasteiger charge is 2.30. The van der Waals surface area contributed by atoms with Crippen LogP contribution in [0.4, 0.5) is 0 Å². The third-order valence-corrected chi connectivity index (χ3v) is 4.02. The van der Waals surface area contributed by atoms with Crippen molar-refractivity contribution in [3.8, 4) is 5.75 Å². The molecule has 1 aliphatic rings. The predicted molar refractivity (Wildman–Crippen MR) is 83.0 cm³/mol. The monoisotopic (exact) mass is 305 g/mol. The molecule has 0 bridgehead atoms. The van der Waals surface area contributed by atoms with Crippen molar-refractivity contribution in [3.05, 3.63) is 29.8 Å². The highest BCUT2D eigenvalue weighted by atomic mass is 16.5. The molecular weight excluding hydrogens is 282 g/mol. The van der Waals surface area contributed by atoms with Crippen molar-refractivity contribution in [2.45, 2.75) is 32.6 Å². The molecule has 1 saturated heterocycles. The van der Waals surface area contributed by atoms with E-state index in [2.05, 4.69) is 13.8 Å². The molecular formula is C17H23NO4. The van der Waals surface area contributed by atoms with E-state index in [9.17, 15) is 9.59 Å². The van der Waals surface area contributed by atoms with Gasteiger partial charge >= 0.3 is 5.97 Å². The van der Waals surface area contributed by atoms with E-state index < -0.39 is 11.9 Å². The number of carbonyl (C=O) groups excluding carboxylic acids is 1. The standard InChI is InChI=1S/C17H23NO4/c1-12(2)13-3-5-15(6-4-13)22-10-8-16(19)18-9-7-14(11-18)17(20)21/h3-6,12,14H,7-11H2,1-2H3,(H,20,21). The van der Waals surface area contributed by atoms with Crippen LogP contribution in [0.15, 0.2) is 24.3 Å². The zero-order chi connectivity index (χ0) is 16.1. The lowest BCUT2D eigenvalue weighted by molar-refractivity contribution is -0.141. The van der Waals surface area contributed by atoms with Crippen molar-refractivity contribution < 1.29 is 19.4 Å². The van der Waals surface area contributed by atoms with Gasteiger partial charge in [0.05, 0.1) is 18.9 Å². The zero-order valence-electron chi connectivity index (χ0n) is 13.1. The number of amides is 1. The Bertz CT molecular complexity index is 524. The largest absolute Gasteiger partial charge is 0.493 e. The van der Waals surface area contributed by atoms with E-state index in [0.717, 1.165) is 5.75 Å². The maximum Gasteiger partial charge on any atom is 0.308 e. The summed E-state index contributed by atoms with van der Waals surface area (Å²) in [4.78, 5) is 24.5. The van der Waals surface area contributed by atoms with E-state index >= 15 is 0 Å². The smallest absolute Gasteiger partial charge is 0.308 e. The summed E-state index contributed by atoms with van der Waals surface area (Å²) in [5.74, 6) is -0.0530. The Morgan fingerprint density at radius 2 is 2.00 bits per heavy atom. The molecule has 1 heterocycles. The van der Waals surface area contributed by atoms with Gasteiger partial charge in [0.15, 0.2) is 0 Å². The van der Waals surface area contributed by atoms with Crippen LogP contribution < -0.4 is 4.74 Å². The molecule has 1 N–H and O–H groups in total. The van der Waals surface area contributed by atoms with Crippen LogP contribution in [0, 0.1) is 5.92 Å². The van der Waals surface area contributed by atoms with Crippen LogP contribution in [0.25, 0.3) is 0 Å². The maximum atomic E-state index is 12.0. The number of nitrogens with zero attached hydrogens (tertiary/aromatic N) is 1. The van der Waals surface area contributed by atoms with E-state index in [0.29, 0.717) is 32.0 Å². The van der Waals surface area contributed by atoms with Crippen LogP contribution in [0.2, 0.25) is 0 Å². The molecule has 1 aliphatic heterocycles. The maximum absolute atomic E-state index is 12.0. The SMILES string of the molecule is CC(C)c1ccc(OCCC(=O)N2CCC(C(=O)O)C2)cc1. The second-order valence-corrected chi connectivity index (χ2v) is 5.99. The Balaban J connectivity index is 1.74. The third-order valence-electron chi connectivity index (χ3n) is 4.02. The fraction of sp³-hybridized carbons (Fsp3) is 0.529. The summed E-state index contributed by atoms with van der Waals surface area (Å²) in [6.45, 7) is 5.42. The quantitative estimate of drug-likeness (QED) is 0.877. The van der Waals surface area contributed by atoms with E-state index in [1.807, 2.05) is 24.3 Å². The first-order valence-corrected chi connectivity index (χ1v) is 7.70. The summed E-state index contributed by atoms with van der Waals surface area (Å²) in [6, 6.07) is 7.88. The van der Waals surface area contributed by atoms with Crippen LogP contribution in [-0.2, 0) is 9.59 Å². The average molecular weight is 305 g/mol. The lowest BCUT2D eigenvalue weighted by atomic mass is 10.0. The number of rotatable bonds is 6. The van der Waals surface area contributed by atoms with Crippen molar-refractivity contribution in [2.75, 3.05) is 19.7 Å². The first-order valence-electron chi connectivity index (χ1n) is 7.70. The molecule has 1 fully saturated rings. The molecule has 1 aromatic carbocycles. The Morgan fingerprint density at radius 1 is 1.32 bits per heavy atom. The zero-order valence-corrected chi connectivity index (χ0v) is 13.1. The van der Waals surface area contributed by atoms with Gasteiger partial charge < -0.3 is 14.7 Å². The highest BCUT2D eigenvalue weighted by Crippen LogP contribution is 2.19. The first kappa shape index (κ1) is 16.3. The number of carboxylic acids is 1. The molecule has 0 spiro atoms. The Labute approximate surface area is 130 Å². The molecule has 2 rings (SSSR count). The molecule has 1 aromatic rings. The van der Waals surface area contributed by atoms with Gasteiger partial charge in [-0.05, 0) is 30.0 Å². The lowest BCUT2D eigenvalue weighted by Gasteiger charge is -2.16. The van der Waals surface area contributed by atoms with Crippen molar-refractivity contribution in [3.63, 3.8) is 0 Å². The van der Waals surface area contributed by atoms with Gasteiger partial charge in [-0.1, -0.05) is 26.0 Å². The van der Waals surface area contributed by atoms with Gasteiger partial charge in [-0.3, -0.25) is 9.59 Å². The van der Waals surface area contributed by atoms with E-state index in [-0.39, 0.29) is 12.3 Å². The van der Waals surface area contributed by atoms with Gasteiger partial charge in [-0.2, -0.15) is 0 Å². The number of likely N-dealkylation sites (tertiary alicyclic amines) is 1. The molecule has 0 radical (unpaired) electrons. The minimum atomic E-state index is -0.822. The minimum Gasteiger partial charge on any atom is -0.493 e. The molecule has 0 aromatic heterocycles.